The number of rotatable bonds is 8. The molecule has 8 nitrogen and oxygen atoms in total. The summed E-state index contributed by atoms with van der Waals surface area (Å²) in [6, 6.07) is 0. The Bertz CT molecular complexity index is 377. The second-order valence-electron chi connectivity index (χ2n) is 4.20. The number of hydroxylamine groups is 2. The quantitative estimate of drug-likeness (QED) is 0.370. The van der Waals surface area contributed by atoms with Crippen molar-refractivity contribution < 1.29 is 33.9 Å². The minimum atomic E-state index is -0.739. The van der Waals surface area contributed by atoms with E-state index in [1.807, 2.05) is 0 Å². The number of carbonyl (C=O) groups is 4. The van der Waals surface area contributed by atoms with E-state index in [4.69, 9.17) is 9.84 Å². The van der Waals surface area contributed by atoms with Gasteiger partial charge in [-0.25, -0.2) is 4.79 Å². The molecule has 0 aromatic heterocycles. The van der Waals surface area contributed by atoms with Crippen LogP contribution in [0.3, 0.4) is 0 Å². The summed E-state index contributed by atoms with van der Waals surface area (Å²) in [7, 11) is 0. The average molecular weight is 287 g/mol. The molecule has 1 heterocycles. The monoisotopic (exact) mass is 287 g/mol. The Morgan fingerprint density at radius 1 is 1.05 bits per heavy atom. The number of ether oxygens (including phenoxy) is 1. The normalized spacial score (nSPS) is 14.6. The lowest BCUT2D eigenvalue weighted by Crippen LogP contribution is -2.32. The van der Waals surface area contributed by atoms with Crippen molar-refractivity contribution in [1.82, 2.24) is 5.06 Å². The van der Waals surface area contributed by atoms with E-state index in [1.165, 1.54) is 0 Å². The van der Waals surface area contributed by atoms with Crippen LogP contribution in [0.2, 0.25) is 0 Å². The van der Waals surface area contributed by atoms with Crippen molar-refractivity contribution in [1.29, 1.82) is 0 Å². The third kappa shape index (κ3) is 5.35. The molecule has 0 aromatic carbocycles. The first-order valence-corrected chi connectivity index (χ1v) is 6.37. The molecule has 112 valence electrons. The second-order valence-corrected chi connectivity index (χ2v) is 4.20. The predicted octanol–water partition coefficient (Wildman–Crippen LogP) is -0.311. The van der Waals surface area contributed by atoms with E-state index in [1.54, 1.807) is 0 Å². The van der Waals surface area contributed by atoms with Gasteiger partial charge in [-0.2, -0.15) is 0 Å². The van der Waals surface area contributed by atoms with Gasteiger partial charge in [0.25, 0.3) is 11.8 Å². The maximum Gasteiger partial charge on any atom is 0.333 e. The number of aliphatic hydroxyl groups excluding tert-OH is 1. The molecule has 0 spiro atoms. The van der Waals surface area contributed by atoms with E-state index in [0.717, 1.165) is 0 Å². The van der Waals surface area contributed by atoms with Gasteiger partial charge in [0.1, 0.15) is 0 Å². The molecule has 0 bridgehead atoms. The Hall–Kier alpha value is -1.96. The van der Waals surface area contributed by atoms with Crippen LogP contribution in [0.4, 0.5) is 0 Å². The molecule has 0 radical (unpaired) electrons. The van der Waals surface area contributed by atoms with Crippen LogP contribution in [0.1, 0.15) is 38.5 Å². The molecular weight excluding hydrogens is 270 g/mol. The van der Waals surface area contributed by atoms with Gasteiger partial charge in [0.15, 0.2) is 0 Å². The van der Waals surface area contributed by atoms with E-state index in [-0.39, 0.29) is 45.3 Å². The molecule has 1 saturated heterocycles. The van der Waals surface area contributed by atoms with Gasteiger partial charge in [0.2, 0.25) is 0 Å². The molecule has 0 saturated carbocycles. The molecule has 0 aliphatic carbocycles. The van der Waals surface area contributed by atoms with E-state index in [9.17, 15) is 19.2 Å². The van der Waals surface area contributed by atoms with Crippen LogP contribution in [0.15, 0.2) is 0 Å². The summed E-state index contributed by atoms with van der Waals surface area (Å²) in [6.45, 7) is 0.0774. The summed E-state index contributed by atoms with van der Waals surface area (Å²) in [6.07, 6.45) is 0.598. The maximum absolute atomic E-state index is 11.4. The summed E-state index contributed by atoms with van der Waals surface area (Å²) in [5, 5.41) is 8.97. The summed E-state index contributed by atoms with van der Waals surface area (Å²) in [5.41, 5.74) is 0. The number of aliphatic hydroxyl groups is 1. The Labute approximate surface area is 115 Å². The van der Waals surface area contributed by atoms with Crippen LogP contribution in [-0.2, 0) is 28.8 Å². The van der Waals surface area contributed by atoms with Crippen LogP contribution in [-0.4, -0.2) is 47.1 Å². The zero-order valence-corrected chi connectivity index (χ0v) is 11.0. The first kappa shape index (κ1) is 16.1. The minimum absolute atomic E-state index is 0.0302. The third-order valence-corrected chi connectivity index (χ3v) is 2.53. The molecule has 1 N–H and O–H groups in total. The zero-order valence-electron chi connectivity index (χ0n) is 11.0. The molecule has 1 rings (SSSR count). The molecule has 2 amide bonds. The van der Waals surface area contributed by atoms with Gasteiger partial charge < -0.3 is 14.7 Å². The fourth-order valence-electron chi connectivity index (χ4n) is 1.51. The van der Waals surface area contributed by atoms with Crippen molar-refractivity contribution in [2.24, 2.45) is 0 Å². The van der Waals surface area contributed by atoms with Crippen LogP contribution < -0.4 is 0 Å². The molecule has 8 heteroatoms. The first-order valence-electron chi connectivity index (χ1n) is 6.37. The van der Waals surface area contributed by atoms with Gasteiger partial charge in [-0.15, -0.1) is 5.06 Å². The molecule has 20 heavy (non-hydrogen) atoms. The summed E-state index contributed by atoms with van der Waals surface area (Å²) in [4.78, 5) is 49.5. The van der Waals surface area contributed by atoms with Crippen molar-refractivity contribution in [3.05, 3.63) is 0 Å². The SMILES string of the molecule is O=C(CCCC(=O)ON1C(=O)CCC1=O)OCCCO. The predicted molar refractivity (Wildman–Crippen MR) is 63.7 cm³/mol. The van der Waals surface area contributed by atoms with E-state index >= 15 is 0 Å². The zero-order chi connectivity index (χ0) is 15.0. The highest BCUT2D eigenvalue weighted by atomic mass is 16.7. The van der Waals surface area contributed by atoms with Gasteiger partial charge in [-0.1, -0.05) is 0 Å². The van der Waals surface area contributed by atoms with Crippen LogP contribution in [0, 0.1) is 0 Å². The molecular formula is C12H17NO7. The van der Waals surface area contributed by atoms with Crippen LogP contribution in [0.25, 0.3) is 0 Å². The molecule has 1 aliphatic heterocycles. The minimum Gasteiger partial charge on any atom is -0.466 e. The Morgan fingerprint density at radius 3 is 2.25 bits per heavy atom. The molecule has 1 aliphatic rings. The van der Waals surface area contributed by atoms with E-state index < -0.39 is 23.8 Å². The van der Waals surface area contributed by atoms with Crippen LogP contribution >= 0.6 is 0 Å². The standard InChI is InChI=1S/C12H17NO7/c14-7-2-8-19-11(17)3-1-4-12(18)20-13-9(15)5-6-10(13)16/h14H,1-8H2. The number of esters is 1. The van der Waals surface area contributed by atoms with Gasteiger partial charge in [-0.3, -0.25) is 14.4 Å². The fourth-order valence-corrected chi connectivity index (χ4v) is 1.51. The number of amides is 2. The van der Waals surface area contributed by atoms with Gasteiger partial charge in [0.05, 0.1) is 6.61 Å². The smallest absolute Gasteiger partial charge is 0.333 e. The number of imide groups is 1. The molecule has 0 unspecified atom stereocenters. The van der Waals surface area contributed by atoms with Crippen molar-refractivity contribution in [3.8, 4) is 0 Å². The number of carbonyl (C=O) groups excluding carboxylic acids is 4. The molecule has 1 fully saturated rings. The first-order chi connectivity index (χ1) is 9.54. The largest absolute Gasteiger partial charge is 0.466 e. The summed E-state index contributed by atoms with van der Waals surface area (Å²) >= 11 is 0. The lowest BCUT2D eigenvalue weighted by atomic mass is 10.2. The highest BCUT2D eigenvalue weighted by molar-refractivity contribution is 6.01. The van der Waals surface area contributed by atoms with Crippen molar-refractivity contribution >= 4 is 23.8 Å². The Balaban J connectivity index is 2.15. The highest BCUT2D eigenvalue weighted by Crippen LogP contribution is 2.13. The second kappa shape index (κ2) is 8.26. The fraction of sp³-hybridized carbons (Fsp3) is 0.667. The van der Waals surface area contributed by atoms with E-state index in [2.05, 4.69) is 4.84 Å². The average Bonchev–Trinajstić information content (AvgIpc) is 2.71. The Kier molecular flexibility index (Phi) is 6.65. The van der Waals surface area contributed by atoms with Gasteiger partial charge in [0, 0.05) is 38.7 Å². The summed E-state index contributed by atoms with van der Waals surface area (Å²) < 4.78 is 4.76. The van der Waals surface area contributed by atoms with Crippen molar-refractivity contribution in [3.63, 3.8) is 0 Å². The van der Waals surface area contributed by atoms with Gasteiger partial charge in [-0.05, 0) is 6.42 Å². The molecule has 0 aromatic rings. The third-order valence-electron chi connectivity index (χ3n) is 2.53. The van der Waals surface area contributed by atoms with Crippen molar-refractivity contribution in [2.45, 2.75) is 38.5 Å². The highest BCUT2D eigenvalue weighted by Gasteiger charge is 2.32. The summed E-state index contributed by atoms with van der Waals surface area (Å²) in [5.74, 6) is -2.28. The topological polar surface area (TPSA) is 110 Å². The van der Waals surface area contributed by atoms with E-state index in [0.29, 0.717) is 11.5 Å². The number of hydrogen-bond acceptors (Lipinski definition) is 7. The number of nitrogens with zero attached hydrogens (tertiary/aromatic N) is 1. The molecule has 0 atom stereocenters. The maximum atomic E-state index is 11.4. The lowest BCUT2D eigenvalue weighted by Gasteiger charge is -2.12. The lowest BCUT2D eigenvalue weighted by molar-refractivity contribution is -0.197. The Morgan fingerprint density at radius 2 is 1.65 bits per heavy atom. The van der Waals surface area contributed by atoms with Crippen molar-refractivity contribution in [2.75, 3.05) is 13.2 Å². The number of hydrogen-bond donors (Lipinski definition) is 1. The van der Waals surface area contributed by atoms with Crippen LogP contribution in [0.5, 0.6) is 0 Å². The van der Waals surface area contributed by atoms with Gasteiger partial charge >= 0.3 is 11.9 Å².